The number of anilines is 1. The van der Waals surface area contributed by atoms with Crippen LogP contribution in [-0.4, -0.2) is 17.3 Å². The van der Waals surface area contributed by atoms with Crippen LogP contribution in [-0.2, 0) is 11.2 Å². The maximum atomic E-state index is 12.3. The lowest BCUT2D eigenvalue weighted by Gasteiger charge is -2.21. The van der Waals surface area contributed by atoms with Gasteiger partial charge < -0.3 is 10.1 Å². The number of rotatable bonds is 8. The maximum Gasteiger partial charge on any atom is 0.224 e. The smallest absolute Gasteiger partial charge is 0.224 e. The molecule has 0 spiro atoms. The van der Waals surface area contributed by atoms with Gasteiger partial charge >= 0.3 is 0 Å². The monoisotopic (exact) mass is 395 g/mol. The summed E-state index contributed by atoms with van der Waals surface area (Å²) in [5.74, 6) is 1.61. The van der Waals surface area contributed by atoms with Gasteiger partial charge in [-0.1, -0.05) is 61.0 Å². The van der Waals surface area contributed by atoms with Gasteiger partial charge in [-0.3, -0.25) is 4.79 Å². The highest BCUT2D eigenvalue weighted by Gasteiger charge is 2.16. The summed E-state index contributed by atoms with van der Waals surface area (Å²) in [7, 11) is 0. The van der Waals surface area contributed by atoms with Gasteiger partial charge in [0.2, 0.25) is 5.91 Å². The Hall–Kier alpha value is -1.03. The fraction of sp³-hybridized carbons (Fsp3) is 0.650. The third kappa shape index (κ3) is 6.46. The van der Waals surface area contributed by atoms with Gasteiger partial charge in [0.15, 0.2) is 0 Å². The van der Waals surface area contributed by atoms with Gasteiger partial charge in [0, 0.05) is 11.2 Å². The van der Waals surface area contributed by atoms with Crippen molar-refractivity contribution in [2.75, 3.05) is 11.9 Å². The SMILES string of the molecule is CCOc1cc(CC(C)Br)ccc1NC(=O)CCC1CCCCC1. The zero-order valence-electron chi connectivity index (χ0n) is 14.9. The van der Waals surface area contributed by atoms with Crippen LogP contribution in [0.5, 0.6) is 5.75 Å². The van der Waals surface area contributed by atoms with Crippen LogP contribution in [0.3, 0.4) is 0 Å². The lowest BCUT2D eigenvalue weighted by molar-refractivity contribution is -0.116. The highest BCUT2D eigenvalue weighted by Crippen LogP contribution is 2.29. The summed E-state index contributed by atoms with van der Waals surface area (Å²) < 4.78 is 5.72. The zero-order valence-corrected chi connectivity index (χ0v) is 16.5. The molecule has 1 aliphatic rings. The van der Waals surface area contributed by atoms with Gasteiger partial charge in [0.1, 0.15) is 5.75 Å². The number of carbonyl (C=O) groups excluding carboxylic acids is 1. The Balaban J connectivity index is 1.92. The van der Waals surface area contributed by atoms with Crippen LogP contribution in [0.15, 0.2) is 18.2 Å². The molecule has 0 aromatic heterocycles. The number of benzene rings is 1. The molecule has 0 bridgehead atoms. The normalized spacial score (nSPS) is 16.6. The number of hydrogen-bond acceptors (Lipinski definition) is 2. The van der Waals surface area contributed by atoms with Crippen LogP contribution in [0.25, 0.3) is 0 Å². The van der Waals surface area contributed by atoms with E-state index < -0.39 is 0 Å². The van der Waals surface area contributed by atoms with E-state index in [1.165, 1.54) is 37.7 Å². The highest BCUT2D eigenvalue weighted by molar-refractivity contribution is 9.09. The lowest BCUT2D eigenvalue weighted by atomic mass is 9.86. The van der Waals surface area contributed by atoms with E-state index in [1.807, 2.05) is 19.1 Å². The highest BCUT2D eigenvalue weighted by atomic mass is 79.9. The second-order valence-electron chi connectivity index (χ2n) is 6.84. The molecule has 24 heavy (non-hydrogen) atoms. The molecule has 134 valence electrons. The minimum absolute atomic E-state index is 0.100. The van der Waals surface area contributed by atoms with Gasteiger partial charge in [-0.25, -0.2) is 0 Å². The summed E-state index contributed by atoms with van der Waals surface area (Å²) in [6.07, 6.45) is 9.15. The summed E-state index contributed by atoms with van der Waals surface area (Å²) in [5, 5.41) is 3.04. The van der Waals surface area contributed by atoms with Crippen LogP contribution >= 0.6 is 15.9 Å². The zero-order chi connectivity index (χ0) is 17.4. The summed E-state index contributed by atoms with van der Waals surface area (Å²) in [6.45, 7) is 4.69. The third-order valence-electron chi connectivity index (χ3n) is 4.64. The largest absolute Gasteiger partial charge is 0.492 e. The minimum atomic E-state index is 0.100. The molecule has 1 saturated carbocycles. The van der Waals surface area contributed by atoms with Crippen LogP contribution in [0.4, 0.5) is 5.69 Å². The van der Waals surface area contributed by atoms with E-state index in [0.29, 0.717) is 17.9 Å². The summed E-state index contributed by atoms with van der Waals surface area (Å²) in [5.41, 5.74) is 2.00. The number of hydrogen-bond donors (Lipinski definition) is 1. The fourth-order valence-corrected chi connectivity index (χ4v) is 3.79. The number of alkyl halides is 1. The molecule has 0 heterocycles. The van der Waals surface area contributed by atoms with Gasteiger partial charge in [-0.2, -0.15) is 0 Å². The first-order valence-electron chi connectivity index (χ1n) is 9.28. The molecule has 1 N–H and O–H groups in total. The Morgan fingerprint density at radius 2 is 2.08 bits per heavy atom. The average molecular weight is 396 g/mol. The van der Waals surface area contributed by atoms with Crippen molar-refractivity contribution in [3.8, 4) is 5.75 Å². The van der Waals surface area contributed by atoms with Crippen LogP contribution < -0.4 is 10.1 Å². The fourth-order valence-electron chi connectivity index (χ4n) is 3.42. The number of carbonyl (C=O) groups is 1. The first-order valence-corrected chi connectivity index (χ1v) is 10.2. The molecule has 4 heteroatoms. The second-order valence-corrected chi connectivity index (χ2v) is 8.40. The predicted octanol–water partition coefficient (Wildman–Crippen LogP) is 5.71. The van der Waals surface area contributed by atoms with E-state index in [1.54, 1.807) is 0 Å². The average Bonchev–Trinajstić information content (AvgIpc) is 2.56. The van der Waals surface area contributed by atoms with Gasteiger partial charge in [0.05, 0.1) is 12.3 Å². The van der Waals surface area contributed by atoms with E-state index in [0.717, 1.165) is 30.2 Å². The number of halogens is 1. The van der Waals surface area contributed by atoms with Crippen molar-refractivity contribution in [3.05, 3.63) is 23.8 Å². The van der Waals surface area contributed by atoms with Crippen molar-refractivity contribution in [2.24, 2.45) is 5.92 Å². The van der Waals surface area contributed by atoms with Crippen molar-refractivity contribution in [1.82, 2.24) is 0 Å². The molecule has 0 aliphatic heterocycles. The van der Waals surface area contributed by atoms with Crippen LogP contribution in [0, 0.1) is 5.92 Å². The number of nitrogens with one attached hydrogen (secondary N) is 1. The molecular formula is C20H30BrNO2. The van der Waals surface area contributed by atoms with Crippen molar-refractivity contribution in [1.29, 1.82) is 0 Å². The van der Waals surface area contributed by atoms with E-state index in [4.69, 9.17) is 4.74 Å². The predicted molar refractivity (Wildman–Crippen MR) is 104 cm³/mol. The third-order valence-corrected chi connectivity index (χ3v) is 4.97. The molecule has 1 fully saturated rings. The molecule has 1 aromatic carbocycles. The first-order chi connectivity index (χ1) is 11.6. The molecule has 1 unspecified atom stereocenters. The number of amides is 1. The molecular weight excluding hydrogens is 366 g/mol. The molecule has 0 radical (unpaired) electrons. The van der Waals surface area contributed by atoms with Crippen molar-refractivity contribution >= 4 is 27.5 Å². The summed E-state index contributed by atoms with van der Waals surface area (Å²) >= 11 is 3.58. The van der Waals surface area contributed by atoms with E-state index in [9.17, 15) is 4.79 Å². The minimum Gasteiger partial charge on any atom is -0.492 e. The van der Waals surface area contributed by atoms with E-state index in [2.05, 4.69) is 34.2 Å². The standard InChI is InChI=1S/C20H30BrNO2/c1-3-24-19-14-17(13-15(2)21)9-11-18(19)22-20(23)12-10-16-7-5-4-6-8-16/h9,11,14-16H,3-8,10,12-13H2,1-2H3,(H,22,23). The Morgan fingerprint density at radius 1 is 1.33 bits per heavy atom. The Labute approximate surface area is 154 Å². The van der Waals surface area contributed by atoms with Gasteiger partial charge in [0.25, 0.3) is 0 Å². The van der Waals surface area contributed by atoms with Crippen LogP contribution in [0.1, 0.15) is 64.4 Å². The molecule has 0 saturated heterocycles. The van der Waals surface area contributed by atoms with Crippen LogP contribution in [0.2, 0.25) is 0 Å². The molecule has 2 rings (SSSR count). The van der Waals surface area contributed by atoms with Crippen molar-refractivity contribution in [2.45, 2.75) is 70.0 Å². The van der Waals surface area contributed by atoms with Gasteiger partial charge in [-0.05, 0) is 43.4 Å². The van der Waals surface area contributed by atoms with Gasteiger partial charge in [-0.15, -0.1) is 0 Å². The topological polar surface area (TPSA) is 38.3 Å². The van der Waals surface area contributed by atoms with E-state index >= 15 is 0 Å². The molecule has 1 aliphatic carbocycles. The van der Waals surface area contributed by atoms with E-state index in [-0.39, 0.29) is 5.91 Å². The maximum absolute atomic E-state index is 12.3. The Bertz CT molecular complexity index is 524. The Morgan fingerprint density at radius 3 is 2.75 bits per heavy atom. The van der Waals surface area contributed by atoms with Crippen molar-refractivity contribution < 1.29 is 9.53 Å². The molecule has 1 atom stereocenters. The summed E-state index contributed by atoms with van der Waals surface area (Å²) in [6, 6.07) is 6.07. The summed E-state index contributed by atoms with van der Waals surface area (Å²) in [4.78, 5) is 12.7. The second kappa shape index (κ2) is 10.1. The first kappa shape index (κ1) is 19.3. The molecule has 1 amide bonds. The quantitative estimate of drug-likeness (QED) is 0.572. The number of ether oxygens (including phenoxy) is 1. The Kier molecular flexibility index (Phi) is 8.10. The molecule has 3 nitrogen and oxygen atoms in total. The van der Waals surface area contributed by atoms with Crippen molar-refractivity contribution in [3.63, 3.8) is 0 Å². The lowest BCUT2D eigenvalue weighted by Crippen LogP contribution is -2.15. The molecule has 1 aromatic rings.